The van der Waals surface area contributed by atoms with Gasteiger partial charge in [-0.3, -0.25) is 0 Å². The molecule has 0 radical (unpaired) electrons. The molecule has 1 heterocycles. The summed E-state index contributed by atoms with van der Waals surface area (Å²) in [5.74, 6) is 0. The minimum absolute atomic E-state index is 0.0840. The molecule has 0 N–H and O–H groups in total. The molecule has 74 valence electrons. The second kappa shape index (κ2) is 3.02. The second-order valence-corrected chi connectivity index (χ2v) is 3.70. The molecule has 0 amide bonds. The van der Waals surface area contributed by atoms with Crippen LogP contribution in [-0.2, 0) is 6.18 Å². The van der Waals surface area contributed by atoms with Gasteiger partial charge in [-0.25, -0.2) is 0 Å². The Morgan fingerprint density at radius 3 is 2.57 bits per heavy atom. The molecule has 5 heteroatoms. The topological polar surface area (TPSA) is 13.1 Å². The Morgan fingerprint density at radius 2 is 1.93 bits per heavy atom. The first kappa shape index (κ1) is 9.58. The molecular formula is C9H4BrF3O. The standard InChI is InChI=1S/C9H4BrF3O/c10-5-1-2-6-7(9(11,12)13)4-14-8(6)3-5/h1-4H. The van der Waals surface area contributed by atoms with Crippen LogP contribution in [-0.4, -0.2) is 0 Å². The predicted molar refractivity (Wildman–Crippen MR) is 48.9 cm³/mol. The quantitative estimate of drug-likeness (QED) is 0.695. The number of benzene rings is 1. The molecule has 0 aliphatic carbocycles. The van der Waals surface area contributed by atoms with Crippen molar-refractivity contribution in [1.29, 1.82) is 0 Å². The van der Waals surface area contributed by atoms with E-state index in [9.17, 15) is 13.2 Å². The molecule has 0 aliphatic heterocycles. The molecule has 1 aromatic heterocycles. The summed E-state index contributed by atoms with van der Waals surface area (Å²) in [6.07, 6.45) is -3.63. The van der Waals surface area contributed by atoms with Crippen LogP contribution in [0, 0.1) is 0 Å². The van der Waals surface area contributed by atoms with Crippen molar-refractivity contribution in [2.75, 3.05) is 0 Å². The van der Waals surface area contributed by atoms with Crippen molar-refractivity contribution >= 4 is 26.9 Å². The average molecular weight is 265 g/mol. The molecule has 0 atom stereocenters. The predicted octanol–water partition coefficient (Wildman–Crippen LogP) is 4.21. The van der Waals surface area contributed by atoms with Crippen LogP contribution in [0.15, 0.2) is 33.4 Å². The summed E-state index contributed by atoms with van der Waals surface area (Å²) in [6.45, 7) is 0. The number of halogens is 4. The van der Waals surface area contributed by atoms with Crippen molar-refractivity contribution < 1.29 is 17.6 Å². The lowest BCUT2D eigenvalue weighted by molar-refractivity contribution is -0.136. The molecule has 0 bridgehead atoms. The fraction of sp³-hybridized carbons (Fsp3) is 0.111. The number of alkyl halides is 3. The lowest BCUT2D eigenvalue weighted by Gasteiger charge is -2.02. The Morgan fingerprint density at radius 1 is 1.21 bits per heavy atom. The van der Waals surface area contributed by atoms with Gasteiger partial charge in [0.15, 0.2) is 0 Å². The number of fused-ring (bicyclic) bond motifs is 1. The molecule has 0 unspecified atom stereocenters. The fourth-order valence-electron chi connectivity index (χ4n) is 1.22. The highest BCUT2D eigenvalue weighted by Crippen LogP contribution is 2.36. The van der Waals surface area contributed by atoms with Gasteiger partial charge >= 0.3 is 6.18 Å². The summed E-state index contributed by atoms with van der Waals surface area (Å²) in [7, 11) is 0. The van der Waals surface area contributed by atoms with Gasteiger partial charge in [-0.15, -0.1) is 0 Å². The van der Waals surface area contributed by atoms with Crippen LogP contribution in [0.25, 0.3) is 11.0 Å². The van der Waals surface area contributed by atoms with Gasteiger partial charge in [-0.05, 0) is 18.2 Å². The van der Waals surface area contributed by atoms with Crippen molar-refractivity contribution in [3.05, 3.63) is 34.5 Å². The highest BCUT2D eigenvalue weighted by atomic mass is 79.9. The van der Waals surface area contributed by atoms with Crippen LogP contribution < -0.4 is 0 Å². The van der Waals surface area contributed by atoms with Gasteiger partial charge < -0.3 is 4.42 Å². The Bertz CT molecular complexity index is 472. The molecule has 0 saturated heterocycles. The van der Waals surface area contributed by atoms with E-state index in [-0.39, 0.29) is 11.0 Å². The Labute approximate surface area is 85.6 Å². The maximum absolute atomic E-state index is 12.4. The van der Waals surface area contributed by atoms with Crippen molar-refractivity contribution in [3.8, 4) is 0 Å². The molecule has 2 rings (SSSR count). The summed E-state index contributed by atoms with van der Waals surface area (Å²) in [5, 5.41) is 0.0840. The van der Waals surface area contributed by atoms with Crippen LogP contribution >= 0.6 is 15.9 Å². The molecule has 2 aromatic rings. The van der Waals surface area contributed by atoms with E-state index in [4.69, 9.17) is 4.42 Å². The Balaban J connectivity index is 2.70. The normalized spacial score (nSPS) is 12.3. The van der Waals surface area contributed by atoms with Crippen molar-refractivity contribution in [1.82, 2.24) is 0 Å². The first-order valence-corrected chi connectivity index (χ1v) is 4.52. The summed E-state index contributed by atoms with van der Waals surface area (Å²) in [4.78, 5) is 0. The van der Waals surface area contributed by atoms with Crippen LogP contribution in [0.5, 0.6) is 0 Å². The maximum Gasteiger partial charge on any atom is 0.420 e. The van der Waals surface area contributed by atoms with Gasteiger partial charge in [0.2, 0.25) is 0 Å². The lowest BCUT2D eigenvalue weighted by Crippen LogP contribution is -2.02. The van der Waals surface area contributed by atoms with Gasteiger partial charge in [-0.2, -0.15) is 13.2 Å². The number of hydrogen-bond donors (Lipinski definition) is 0. The van der Waals surface area contributed by atoms with Gasteiger partial charge in [0.25, 0.3) is 0 Å². The number of hydrogen-bond acceptors (Lipinski definition) is 1. The minimum Gasteiger partial charge on any atom is -0.464 e. The van der Waals surface area contributed by atoms with E-state index in [1.165, 1.54) is 12.1 Å². The molecule has 0 spiro atoms. The molecule has 14 heavy (non-hydrogen) atoms. The molecule has 1 aromatic carbocycles. The number of rotatable bonds is 0. The highest BCUT2D eigenvalue weighted by molar-refractivity contribution is 9.10. The summed E-state index contributed by atoms with van der Waals surface area (Å²) < 4.78 is 42.6. The van der Waals surface area contributed by atoms with Gasteiger partial charge in [0.05, 0.1) is 0 Å². The van der Waals surface area contributed by atoms with Crippen molar-refractivity contribution in [3.63, 3.8) is 0 Å². The zero-order valence-corrected chi connectivity index (χ0v) is 8.32. The van der Waals surface area contributed by atoms with Crippen molar-refractivity contribution in [2.45, 2.75) is 6.18 Å². The third kappa shape index (κ3) is 1.52. The molecule has 0 aliphatic rings. The highest BCUT2D eigenvalue weighted by Gasteiger charge is 2.34. The molecule has 0 saturated carbocycles. The van der Waals surface area contributed by atoms with E-state index < -0.39 is 11.7 Å². The monoisotopic (exact) mass is 264 g/mol. The van der Waals surface area contributed by atoms with Gasteiger partial charge in [0.1, 0.15) is 17.4 Å². The lowest BCUT2D eigenvalue weighted by atomic mass is 10.2. The fourth-order valence-corrected chi connectivity index (χ4v) is 1.56. The average Bonchev–Trinajstić information content (AvgIpc) is 2.45. The Hall–Kier alpha value is -0.970. The third-order valence-corrected chi connectivity index (χ3v) is 2.34. The zero-order chi connectivity index (χ0) is 10.3. The van der Waals surface area contributed by atoms with E-state index in [0.29, 0.717) is 4.47 Å². The van der Waals surface area contributed by atoms with E-state index in [2.05, 4.69) is 15.9 Å². The van der Waals surface area contributed by atoms with Crippen LogP contribution in [0.2, 0.25) is 0 Å². The zero-order valence-electron chi connectivity index (χ0n) is 6.73. The van der Waals surface area contributed by atoms with Crippen LogP contribution in [0.1, 0.15) is 5.56 Å². The maximum atomic E-state index is 12.4. The smallest absolute Gasteiger partial charge is 0.420 e. The number of furan rings is 1. The van der Waals surface area contributed by atoms with Crippen LogP contribution in [0.4, 0.5) is 13.2 Å². The van der Waals surface area contributed by atoms with Gasteiger partial charge in [-0.1, -0.05) is 15.9 Å². The SMILES string of the molecule is FC(F)(F)c1coc2cc(Br)ccc12. The van der Waals surface area contributed by atoms with Crippen molar-refractivity contribution in [2.24, 2.45) is 0 Å². The third-order valence-electron chi connectivity index (χ3n) is 1.84. The Kier molecular flexibility index (Phi) is 2.06. The molecular weight excluding hydrogens is 261 g/mol. The second-order valence-electron chi connectivity index (χ2n) is 2.79. The first-order chi connectivity index (χ1) is 6.48. The van der Waals surface area contributed by atoms with Crippen LogP contribution in [0.3, 0.4) is 0 Å². The summed E-state index contributed by atoms with van der Waals surface area (Å²) in [6, 6.07) is 4.43. The summed E-state index contributed by atoms with van der Waals surface area (Å²) in [5.41, 5.74) is -0.508. The first-order valence-electron chi connectivity index (χ1n) is 3.72. The van der Waals surface area contributed by atoms with Gasteiger partial charge in [0, 0.05) is 9.86 Å². The summed E-state index contributed by atoms with van der Waals surface area (Å²) >= 11 is 3.15. The van der Waals surface area contributed by atoms with E-state index >= 15 is 0 Å². The minimum atomic E-state index is -4.36. The van der Waals surface area contributed by atoms with E-state index in [1.54, 1.807) is 6.07 Å². The molecule has 1 nitrogen and oxygen atoms in total. The van der Waals surface area contributed by atoms with E-state index in [0.717, 1.165) is 6.26 Å². The molecule has 0 fully saturated rings. The largest absolute Gasteiger partial charge is 0.464 e. The van der Waals surface area contributed by atoms with E-state index in [1.807, 2.05) is 0 Å².